The van der Waals surface area contributed by atoms with Crippen LogP contribution >= 0.6 is 11.3 Å². The van der Waals surface area contributed by atoms with Gasteiger partial charge in [0.25, 0.3) is 5.56 Å². The zero-order chi connectivity index (χ0) is 23.5. The van der Waals surface area contributed by atoms with Crippen LogP contribution in [0, 0.1) is 0 Å². The number of carbonyl (C=O) groups is 2. The molecule has 1 fully saturated rings. The highest BCUT2D eigenvalue weighted by Gasteiger charge is 2.39. The normalized spacial score (nSPS) is 19.9. The summed E-state index contributed by atoms with van der Waals surface area (Å²) in [6.45, 7) is 2.40. The van der Waals surface area contributed by atoms with Crippen molar-refractivity contribution in [2.75, 3.05) is 6.61 Å². The number of ether oxygens (including phenoxy) is 3. The van der Waals surface area contributed by atoms with Crippen molar-refractivity contribution in [3.05, 3.63) is 69.5 Å². The summed E-state index contributed by atoms with van der Waals surface area (Å²) in [5.74, 6) is -1.02. The van der Waals surface area contributed by atoms with Crippen molar-refractivity contribution in [1.82, 2.24) is 9.55 Å². The van der Waals surface area contributed by atoms with Crippen molar-refractivity contribution in [2.24, 2.45) is 0 Å². The number of hydrogen-bond acceptors (Lipinski definition) is 8. The Kier molecular flexibility index (Phi) is 6.57. The molecule has 1 N–H and O–H groups in total. The number of nitrogens with one attached hydrogen (secondary N) is 1. The van der Waals surface area contributed by atoms with E-state index in [1.165, 1.54) is 35.9 Å². The van der Waals surface area contributed by atoms with Gasteiger partial charge in [0.05, 0.1) is 5.56 Å². The van der Waals surface area contributed by atoms with Crippen molar-refractivity contribution in [2.45, 2.75) is 38.7 Å². The minimum absolute atomic E-state index is 0.125. The van der Waals surface area contributed by atoms with Gasteiger partial charge in [-0.1, -0.05) is 30.3 Å². The van der Waals surface area contributed by atoms with Gasteiger partial charge in [-0.05, 0) is 17.7 Å². The van der Waals surface area contributed by atoms with Gasteiger partial charge in [0, 0.05) is 36.2 Å². The van der Waals surface area contributed by atoms with Gasteiger partial charge in [0.15, 0.2) is 0 Å². The van der Waals surface area contributed by atoms with E-state index in [1.54, 1.807) is 0 Å². The third-order valence-corrected chi connectivity index (χ3v) is 6.32. The van der Waals surface area contributed by atoms with E-state index >= 15 is 0 Å². The first-order valence-corrected chi connectivity index (χ1v) is 11.1. The Balaban J connectivity index is 1.64. The Labute approximate surface area is 192 Å². The van der Waals surface area contributed by atoms with E-state index in [0.29, 0.717) is 10.4 Å². The third kappa shape index (κ3) is 5.12. The number of nitrogens with zero attached hydrogens (tertiary/aromatic N) is 1. The second kappa shape index (κ2) is 9.55. The van der Waals surface area contributed by atoms with Crippen molar-refractivity contribution >= 4 is 23.3 Å². The molecule has 1 aromatic carbocycles. The van der Waals surface area contributed by atoms with Crippen LogP contribution in [0.2, 0.25) is 0 Å². The minimum atomic E-state index is -0.813. The molecule has 2 aromatic heterocycles. The summed E-state index contributed by atoms with van der Waals surface area (Å²) in [4.78, 5) is 51.9. The van der Waals surface area contributed by atoms with Crippen LogP contribution in [0.15, 0.2) is 58.3 Å². The van der Waals surface area contributed by atoms with Crippen LogP contribution < -0.4 is 11.2 Å². The highest BCUT2D eigenvalue weighted by Crippen LogP contribution is 2.34. The van der Waals surface area contributed by atoms with E-state index < -0.39 is 41.6 Å². The molecule has 10 heteroatoms. The molecular formula is C23H22N2O7S. The van der Waals surface area contributed by atoms with Crippen molar-refractivity contribution in [3.63, 3.8) is 0 Å². The molecule has 9 nitrogen and oxygen atoms in total. The van der Waals surface area contributed by atoms with Crippen LogP contribution in [0.4, 0.5) is 0 Å². The lowest BCUT2D eigenvalue weighted by Crippen LogP contribution is -2.33. The van der Waals surface area contributed by atoms with Gasteiger partial charge >= 0.3 is 17.6 Å². The predicted octanol–water partition coefficient (Wildman–Crippen LogP) is 2.71. The van der Waals surface area contributed by atoms with Gasteiger partial charge < -0.3 is 14.2 Å². The SMILES string of the molecule is CC(=O)OC[C@H]1O[C@@H](n2cc(-c3ccc(-c4ccccc4)s3)c(=O)[nH]c2=O)C[C@H]1OC(C)=O. The summed E-state index contributed by atoms with van der Waals surface area (Å²) in [5.41, 5.74) is 0.181. The molecule has 172 valence electrons. The molecule has 3 heterocycles. The van der Waals surface area contributed by atoms with Crippen molar-refractivity contribution in [1.29, 1.82) is 0 Å². The number of H-pyrrole nitrogens is 1. The molecule has 0 amide bonds. The second-order valence-corrected chi connectivity index (χ2v) is 8.64. The fraction of sp³-hybridized carbons (Fsp3) is 0.304. The Morgan fingerprint density at radius 2 is 1.82 bits per heavy atom. The molecule has 0 aliphatic carbocycles. The second-order valence-electron chi connectivity index (χ2n) is 7.55. The molecule has 0 saturated carbocycles. The van der Waals surface area contributed by atoms with E-state index in [-0.39, 0.29) is 13.0 Å². The van der Waals surface area contributed by atoms with Crippen LogP contribution in [0.25, 0.3) is 20.9 Å². The first-order chi connectivity index (χ1) is 15.8. The zero-order valence-electron chi connectivity index (χ0n) is 18.0. The summed E-state index contributed by atoms with van der Waals surface area (Å²) < 4.78 is 17.5. The third-order valence-electron chi connectivity index (χ3n) is 5.16. The van der Waals surface area contributed by atoms with Crippen molar-refractivity contribution < 1.29 is 23.8 Å². The number of thiophene rings is 1. The summed E-state index contributed by atoms with van der Waals surface area (Å²) in [7, 11) is 0. The fourth-order valence-electron chi connectivity index (χ4n) is 3.67. The van der Waals surface area contributed by atoms with Crippen LogP contribution in [-0.2, 0) is 23.8 Å². The average molecular weight is 471 g/mol. The number of esters is 2. The Hall–Kier alpha value is -3.50. The van der Waals surface area contributed by atoms with Crippen LogP contribution in [0.5, 0.6) is 0 Å². The highest BCUT2D eigenvalue weighted by atomic mass is 32.1. The van der Waals surface area contributed by atoms with Gasteiger partial charge in [-0.2, -0.15) is 0 Å². The van der Waals surface area contributed by atoms with E-state index in [4.69, 9.17) is 14.2 Å². The van der Waals surface area contributed by atoms with E-state index in [0.717, 1.165) is 10.4 Å². The zero-order valence-corrected chi connectivity index (χ0v) is 18.8. The minimum Gasteiger partial charge on any atom is -0.463 e. The van der Waals surface area contributed by atoms with E-state index in [2.05, 4.69) is 4.98 Å². The number of hydrogen-bond donors (Lipinski definition) is 1. The topological polar surface area (TPSA) is 117 Å². The molecule has 0 unspecified atom stereocenters. The molecule has 3 aromatic rings. The summed E-state index contributed by atoms with van der Waals surface area (Å²) >= 11 is 1.43. The summed E-state index contributed by atoms with van der Waals surface area (Å²) in [6, 6.07) is 13.5. The fourth-order valence-corrected chi connectivity index (χ4v) is 4.69. The first kappa shape index (κ1) is 22.7. The molecule has 0 radical (unpaired) electrons. The smallest absolute Gasteiger partial charge is 0.330 e. The van der Waals surface area contributed by atoms with Gasteiger partial charge in [0.2, 0.25) is 0 Å². The highest BCUT2D eigenvalue weighted by molar-refractivity contribution is 7.18. The monoisotopic (exact) mass is 470 g/mol. The van der Waals surface area contributed by atoms with Crippen LogP contribution in [0.3, 0.4) is 0 Å². The molecular weight excluding hydrogens is 448 g/mol. The Morgan fingerprint density at radius 1 is 1.09 bits per heavy atom. The quantitative estimate of drug-likeness (QED) is 0.551. The predicted molar refractivity (Wildman–Crippen MR) is 121 cm³/mol. The number of carbonyl (C=O) groups excluding carboxylic acids is 2. The summed E-state index contributed by atoms with van der Waals surface area (Å²) in [6.07, 6.45) is -0.647. The maximum atomic E-state index is 12.6. The molecule has 33 heavy (non-hydrogen) atoms. The lowest BCUT2D eigenvalue weighted by molar-refractivity contribution is -0.155. The Morgan fingerprint density at radius 3 is 2.52 bits per heavy atom. The number of aromatic amines is 1. The number of benzene rings is 1. The largest absolute Gasteiger partial charge is 0.463 e. The van der Waals surface area contributed by atoms with E-state index in [1.807, 2.05) is 42.5 Å². The van der Waals surface area contributed by atoms with Gasteiger partial charge in [0.1, 0.15) is 25.0 Å². The van der Waals surface area contributed by atoms with Crippen LogP contribution in [-0.4, -0.2) is 40.3 Å². The van der Waals surface area contributed by atoms with Crippen LogP contribution in [0.1, 0.15) is 26.5 Å². The molecule has 1 aliphatic heterocycles. The number of rotatable bonds is 6. The lowest BCUT2D eigenvalue weighted by Gasteiger charge is -2.17. The molecule has 1 saturated heterocycles. The Bertz CT molecular complexity index is 1280. The molecule has 1 aliphatic rings. The average Bonchev–Trinajstić information content (AvgIpc) is 3.40. The van der Waals surface area contributed by atoms with E-state index in [9.17, 15) is 19.2 Å². The van der Waals surface area contributed by atoms with Gasteiger partial charge in [-0.3, -0.25) is 23.9 Å². The summed E-state index contributed by atoms with van der Waals surface area (Å²) in [5, 5.41) is 0. The van der Waals surface area contributed by atoms with Gasteiger partial charge in [-0.25, -0.2) is 4.79 Å². The first-order valence-electron chi connectivity index (χ1n) is 10.3. The molecule has 0 spiro atoms. The van der Waals surface area contributed by atoms with Gasteiger partial charge in [-0.15, -0.1) is 11.3 Å². The molecule has 4 rings (SSSR count). The molecule has 3 atom stereocenters. The lowest BCUT2D eigenvalue weighted by atomic mass is 10.2. The standard InChI is InChI=1S/C23H22N2O7S/c1-13(26)30-12-18-17(31-14(2)27)10-21(32-18)25-11-16(22(28)24-23(25)29)20-9-8-19(33-20)15-6-4-3-5-7-15/h3-9,11,17-18,21H,10,12H2,1-2H3,(H,24,28,29)/t17-,18-,21-/m1/s1. The number of aromatic nitrogens is 2. The van der Waals surface area contributed by atoms with Crippen molar-refractivity contribution in [3.8, 4) is 20.9 Å². The molecule has 0 bridgehead atoms. The maximum Gasteiger partial charge on any atom is 0.330 e. The maximum absolute atomic E-state index is 12.6.